The Hall–Kier alpha value is 0.110. The number of nitrogens with two attached hydrogens (primary N) is 1. The van der Waals surface area contributed by atoms with Gasteiger partial charge < -0.3 is 5.73 Å². The van der Waals surface area contributed by atoms with Gasteiger partial charge in [-0.3, -0.25) is 4.21 Å². The first kappa shape index (κ1) is 12.2. The largest absolute Gasteiger partial charge is 0.330 e. The average Bonchev–Trinajstić information content (AvgIpc) is 2.18. The highest BCUT2D eigenvalue weighted by atomic mass is 32.2. The van der Waals surface area contributed by atoms with Gasteiger partial charge in [-0.1, -0.05) is 26.2 Å². The SMILES string of the molecule is CCCC1CCC(CN)C(S(C)=O)C1. The lowest BCUT2D eigenvalue weighted by molar-refractivity contribution is 0.273. The Labute approximate surface area is 90.1 Å². The van der Waals surface area contributed by atoms with Crippen molar-refractivity contribution in [2.24, 2.45) is 17.6 Å². The fourth-order valence-electron chi connectivity index (χ4n) is 2.62. The lowest BCUT2D eigenvalue weighted by Crippen LogP contribution is -2.37. The highest BCUT2D eigenvalue weighted by Crippen LogP contribution is 2.33. The van der Waals surface area contributed by atoms with Crippen molar-refractivity contribution in [3.8, 4) is 0 Å². The summed E-state index contributed by atoms with van der Waals surface area (Å²) < 4.78 is 11.6. The number of hydrogen-bond donors (Lipinski definition) is 1. The summed E-state index contributed by atoms with van der Waals surface area (Å²) in [7, 11) is -0.686. The summed E-state index contributed by atoms with van der Waals surface area (Å²) in [5.74, 6) is 1.31. The quantitative estimate of drug-likeness (QED) is 0.781. The van der Waals surface area contributed by atoms with Crippen molar-refractivity contribution in [2.75, 3.05) is 12.8 Å². The van der Waals surface area contributed by atoms with Gasteiger partial charge in [0.25, 0.3) is 0 Å². The molecule has 1 rings (SSSR count). The molecule has 0 bridgehead atoms. The summed E-state index contributed by atoms with van der Waals surface area (Å²) in [6, 6.07) is 0. The fourth-order valence-corrected chi connectivity index (χ4v) is 3.95. The lowest BCUT2D eigenvalue weighted by Gasteiger charge is -2.34. The molecule has 0 aromatic carbocycles. The van der Waals surface area contributed by atoms with Crippen LogP contribution >= 0.6 is 0 Å². The van der Waals surface area contributed by atoms with Gasteiger partial charge in [0, 0.05) is 22.3 Å². The molecule has 2 N–H and O–H groups in total. The van der Waals surface area contributed by atoms with Gasteiger partial charge in [-0.25, -0.2) is 0 Å². The van der Waals surface area contributed by atoms with Crippen LogP contribution < -0.4 is 5.73 Å². The first-order valence-corrected chi connectivity index (χ1v) is 7.33. The van der Waals surface area contributed by atoms with E-state index >= 15 is 0 Å². The first-order valence-electron chi connectivity index (χ1n) is 5.71. The van der Waals surface area contributed by atoms with Crippen molar-refractivity contribution in [1.29, 1.82) is 0 Å². The molecule has 1 aliphatic rings. The van der Waals surface area contributed by atoms with Crippen molar-refractivity contribution in [2.45, 2.75) is 44.3 Å². The molecule has 1 fully saturated rings. The van der Waals surface area contributed by atoms with Gasteiger partial charge in [-0.15, -0.1) is 0 Å². The molecule has 2 nitrogen and oxygen atoms in total. The molecule has 1 saturated carbocycles. The van der Waals surface area contributed by atoms with Crippen LogP contribution in [0.25, 0.3) is 0 Å². The minimum Gasteiger partial charge on any atom is -0.330 e. The van der Waals surface area contributed by atoms with E-state index in [-0.39, 0.29) is 0 Å². The van der Waals surface area contributed by atoms with E-state index in [9.17, 15) is 4.21 Å². The van der Waals surface area contributed by atoms with Crippen molar-refractivity contribution >= 4 is 10.8 Å². The molecule has 0 aromatic rings. The molecule has 4 atom stereocenters. The molecular formula is C11H23NOS. The highest BCUT2D eigenvalue weighted by Gasteiger charge is 2.31. The Kier molecular flexibility index (Phi) is 5.10. The smallest absolute Gasteiger partial charge is 0.0388 e. The molecule has 0 radical (unpaired) electrons. The Morgan fingerprint density at radius 2 is 2.14 bits per heavy atom. The maximum Gasteiger partial charge on any atom is 0.0388 e. The molecule has 0 spiro atoms. The van der Waals surface area contributed by atoms with Crippen molar-refractivity contribution in [3.63, 3.8) is 0 Å². The maximum absolute atomic E-state index is 11.6. The molecule has 3 heteroatoms. The average molecular weight is 217 g/mol. The van der Waals surface area contributed by atoms with Crippen LogP contribution in [-0.4, -0.2) is 22.3 Å². The Bertz CT molecular complexity index is 196. The number of hydrogen-bond acceptors (Lipinski definition) is 2. The van der Waals surface area contributed by atoms with E-state index < -0.39 is 10.8 Å². The van der Waals surface area contributed by atoms with E-state index in [2.05, 4.69) is 6.92 Å². The monoisotopic (exact) mass is 217 g/mol. The summed E-state index contributed by atoms with van der Waals surface area (Å²) in [6.07, 6.45) is 8.00. The Balaban J connectivity index is 2.52. The van der Waals surface area contributed by atoms with Crippen LogP contribution in [0.4, 0.5) is 0 Å². The standard InChI is InChI=1S/C11H23NOS/c1-3-4-9-5-6-10(8-12)11(7-9)14(2)13/h9-11H,3-8,12H2,1-2H3. The minimum atomic E-state index is -0.686. The van der Waals surface area contributed by atoms with Crippen LogP contribution in [-0.2, 0) is 10.8 Å². The molecule has 84 valence electrons. The van der Waals surface area contributed by atoms with E-state index in [1.165, 1.54) is 25.7 Å². The molecule has 0 aromatic heterocycles. The van der Waals surface area contributed by atoms with E-state index in [4.69, 9.17) is 5.73 Å². The number of rotatable bonds is 4. The van der Waals surface area contributed by atoms with Crippen LogP contribution in [0, 0.1) is 11.8 Å². The van der Waals surface area contributed by atoms with Gasteiger partial charge in [-0.05, 0) is 31.2 Å². The predicted octanol–water partition coefficient (Wildman–Crippen LogP) is 1.91. The molecule has 0 saturated heterocycles. The van der Waals surface area contributed by atoms with E-state index in [1.54, 1.807) is 0 Å². The second-order valence-corrected chi connectivity index (χ2v) is 6.10. The van der Waals surface area contributed by atoms with Crippen LogP contribution in [0.1, 0.15) is 39.0 Å². The van der Waals surface area contributed by atoms with Crippen molar-refractivity contribution in [1.82, 2.24) is 0 Å². The molecule has 0 aliphatic heterocycles. The Morgan fingerprint density at radius 1 is 1.43 bits per heavy atom. The van der Waals surface area contributed by atoms with Crippen LogP contribution in [0.2, 0.25) is 0 Å². The molecule has 1 aliphatic carbocycles. The van der Waals surface area contributed by atoms with Gasteiger partial charge in [0.15, 0.2) is 0 Å². The van der Waals surface area contributed by atoms with E-state index in [1.807, 2.05) is 6.26 Å². The summed E-state index contributed by atoms with van der Waals surface area (Å²) in [6.45, 7) is 2.94. The third-order valence-electron chi connectivity index (χ3n) is 3.46. The molecule has 14 heavy (non-hydrogen) atoms. The van der Waals surface area contributed by atoms with Crippen LogP contribution in [0.3, 0.4) is 0 Å². The summed E-state index contributed by atoms with van der Waals surface area (Å²) in [5.41, 5.74) is 5.72. The van der Waals surface area contributed by atoms with Gasteiger partial charge in [-0.2, -0.15) is 0 Å². The minimum absolute atomic E-state index is 0.366. The molecule has 0 heterocycles. The first-order chi connectivity index (χ1) is 6.69. The zero-order valence-corrected chi connectivity index (χ0v) is 10.2. The second kappa shape index (κ2) is 5.86. The lowest BCUT2D eigenvalue weighted by atomic mass is 9.80. The Morgan fingerprint density at radius 3 is 2.64 bits per heavy atom. The predicted molar refractivity (Wildman–Crippen MR) is 62.6 cm³/mol. The van der Waals surface area contributed by atoms with Gasteiger partial charge >= 0.3 is 0 Å². The van der Waals surface area contributed by atoms with E-state index in [0.29, 0.717) is 17.7 Å². The fraction of sp³-hybridized carbons (Fsp3) is 1.00. The van der Waals surface area contributed by atoms with Crippen LogP contribution in [0.5, 0.6) is 0 Å². The third kappa shape index (κ3) is 3.06. The summed E-state index contributed by atoms with van der Waals surface area (Å²) in [5, 5.41) is 0.366. The zero-order valence-electron chi connectivity index (χ0n) is 9.37. The van der Waals surface area contributed by atoms with Crippen LogP contribution in [0.15, 0.2) is 0 Å². The normalized spacial score (nSPS) is 35.5. The van der Waals surface area contributed by atoms with E-state index in [0.717, 1.165) is 12.3 Å². The second-order valence-electron chi connectivity index (χ2n) is 4.50. The summed E-state index contributed by atoms with van der Waals surface area (Å²) in [4.78, 5) is 0. The third-order valence-corrected chi connectivity index (χ3v) is 4.89. The van der Waals surface area contributed by atoms with Gasteiger partial charge in [0.2, 0.25) is 0 Å². The van der Waals surface area contributed by atoms with Crippen molar-refractivity contribution in [3.05, 3.63) is 0 Å². The topological polar surface area (TPSA) is 43.1 Å². The summed E-state index contributed by atoms with van der Waals surface area (Å²) >= 11 is 0. The molecular weight excluding hydrogens is 194 g/mol. The van der Waals surface area contributed by atoms with Gasteiger partial charge in [0.1, 0.15) is 0 Å². The molecule has 4 unspecified atom stereocenters. The van der Waals surface area contributed by atoms with Crippen molar-refractivity contribution < 1.29 is 4.21 Å². The molecule has 0 amide bonds. The zero-order chi connectivity index (χ0) is 10.6. The maximum atomic E-state index is 11.6. The highest BCUT2D eigenvalue weighted by molar-refractivity contribution is 7.84. The van der Waals surface area contributed by atoms with Gasteiger partial charge in [0.05, 0.1) is 0 Å².